The second-order valence-corrected chi connectivity index (χ2v) is 5.19. The number of aryl methyl sites for hydroxylation is 2. The summed E-state index contributed by atoms with van der Waals surface area (Å²) in [5, 5.41) is 5.26. The first-order valence-electron chi connectivity index (χ1n) is 4.40. The van der Waals surface area contributed by atoms with Crippen LogP contribution >= 0.6 is 27.7 Å². The molecule has 84 valence electrons. The first kappa shape index (κ1) is 12.6. The highest BCUT2D eigenvalue weighted by Crippen LogP contribution is 2.21. The van der Waals surface area contributed by atoms with Crippen LogP contribution in [0.5, 0.6) is 0 Å². The number of carbonyl (C=O) groups excluding carboxylic acids is 1. The Morgan fingerprint density at radius 1 is 1.80 bits per heavy atom. The summed E-state index contributed by atoms with van der Waals surface area (Å²) in [6, 6.07) is 1.99. The minimum Gasteiger partial charge on any atom is -0.468 e. The Kier molecular flexibility index (Phi) is 4.66. The third-order valence-corrected chi connectivity index (χ3v) is 4.10. The summed E-state index contributed by atoms with van der Waals surface area (Å²) in [5.74, 6) is 0.382. The molecule has 0 aromatic carbocycles. The summed E-state index contributed by atoms with van der Waals surface area (Å²) in [6.45, 7) is 1.94. The molecule has 0 amide bonds. The molecule has 0 radical (unpaired) electrons. The fourth-order valence-corrected chi connectivity index (χ4v) is 2.59. The zero-order chi connectivity index (χ0) is 11.4. The van der Waals surface area contributed by atoms with Crippen molar-refractivity contribution in [1.82, 2.24) is 9.78 Å². The molecule has 0 spiro atoms. The highest BCUT2D eigenvalue weighted by Gasteiger charge is 2.16. The Hall–Kier alpha value is -0.490. The summed E-state index contributed by atoms with van der Waals surface area (Å²) in [4.78, 5) is 10.8. The maximum Gasteiger partial charge on any atom is 0.320 e. The first-order chi connectivity index (χ1) is 7.04. The number of methoxy groups -OCH3 is 1. The van der Waals surface area contributed by atoms with Crippen molar-refractivity contribution >= 4 is 33.7 Å². The highest BCUT2D eigenvalue weighted by atomic mass is 79.9. The summed E-state index contributed by atoms with van der Waals surface area (Å²) < 4.78 is 6.42. The van der Waals surface area contributed by atoms with Crippen molar-refractivity contribution in [2.24, 2.45) is 7.05 Å². The van der Waals surface area contributed by atoms with Crippen LogP contribution in [0.2, 0.25) is 0 Å². The van der Waals surface area contributed by atoms with E-state index >= 15 is 0 Å². The van der Waals surface area contributed by atoms with Gasteiger partial charge >= 0.3 is 5.97 Å². The fourth-order valence-electron chi connectivity index (χ4n) is 1.08. The molecule has 15 heavy (non-hydrogen) atoms. The van der Waals surface area contributed by atoms with Gasteiger partial charge in [0.1, 0.15) is 4.83 Å². The van der Waals surface area contributed by atoms with Crippen molar-refractivity contribution in [2.75, 3.05) is 12.9 Å². The van der Waals surface area contributed by atoms with E-state index in [-0.39, 0.29) is 10.8 Å². The van der Waals surface area contributed by atoms with Crippen LogP contribution in [-0.4, -0.2) is 33.4 Å². The number of ether oxygens (including phenoxy) is 1. The summed E-state index contributed by atoms with van der Waals surface area (Å²) in [6.07, 6.45) is 0. The molecule has 6 heteroatoms. The van der Waals surface area contributed by atoms with E-state index in [0.717, 1.165) is 10.7 Å². The maximum atomic E-state index is 11.1. The van der Waals surface area contributed by atoms with Gasteiger partial charge in [0.05, 0.1) is 17.8 Å². The number of esters is 1. The molecule has 1 aromatic heterocycles. The molecule has 1 rings (SSSR count). The van der Waals surface area contributed by atoms with E-state index < -0.39 is 0 Å². The average molecular weight is 293 g/mol. The van der Waals surface area contributed by atoms with E-state index in [4.69, 9.17) is 0 Å². The summed E-state index contributed by atoms with van der Waals surface area (Å²) in [5.41, 5.74) is 0.976. The van der Waals surface area contributed by atoms with Crippen LogP contribution in [0, 0.1) is 6.92 Å². The summed E-state index contributed by atoms with van der Waals surface area (Å²) >= 11 is 4.84. The lowest BCUT2D eigenvalue weighted by molar-refractivity contribution is -0.139. The fraction of sp³-hybridized carbons (Fsp3) is 0.556. The minimum absolute atomic E-state index is 0.249. The van der Waals surface area contributed by atoms with Gasteiger partial charge in [0.2, 0.25) is 0 Å². The van der Waals surface area contributed by atoms with Crippen LogP contribution in [0.15, 0.2) is 11.1 Å². The van der Waals surface area contributed by atoms with Crippen LogP contribution in [0.25, 0.3) is 0 Å². The number of alkyl halides is 1. The smallest absolute Gasteiger partial charge is 0.320 e. The molecule has 0 saturated carbocycles. The second kappa shape index (κ2) is 5.55. The van der Waals surface area contributed by atoms with Crippen LogP contribution in [0.1, 0.15) is 5.69 Å². The monoisotopic (exact) mass is 292 g/mol. The number of rotatable bonds is 4. The predicted octanol–water partition coefficient (Wildman–Crippen LogP) is 1.76. The van der Waals surface area contributed by atoms with Gasteiger partial charge in [-0.25, -0.2) is 0 Å². The molecule has 0 bridgehead atoms. The van der Waals surface area contributed by atoms with Gasteiger partial charge in [-0.15, -0.1) is 11.8 Å². The molecule has 0 fully saturated rings. The third-order valence-electron chi connectivity index (χ3n) is 1.79. The molecule has 0 aliphatic rings. The predicted molar refractivity (Wildman–Crippen MR) is 63.4 cm³/mol. The Morgan fingerprint density at radius 2 is 2.47 bits per heavy atom. The lowest BCUT2D eigenvalue weighted by atomic mass is 10.5. The highest BCUT2D eigenvalue weighted by molar-refractivity contribution is 9.10. The van der Waals surface area contributed by atoms with Gasteiger partial charge in [-0.2, -0.15) is 5.10 Å². The molecule has 0 saturated heterocycles. The van der Waals surface area contributed by atoms with Crippen LogP contribution in [0.3, 0.4) is 0 Å². The Bertz CT molecular complexity index is 354. The number of hydrogen-bond donors (Lipinski definition) is 0. The Labute approximate surface area is 101 Å². The maximum absolute atomic E-state index is 11.1. The number of nitrogens with zero attached hydrogens (tertiary/aromatic N) is 2. The molecular formula is C9H13BrN2O2S. The zero-order valence-corrected chi connectivity index (χ0v) is 11.3. The van der Waals surface area contributed by atoms with Gasteiger partial charge in [-0.1, -0.05) is 15.9 Å². The molecule has 0 aliphatic carbocycles. The third kappa shape index (κ3) is 3.53. The van der Waals surface area contributed by atoms with Crippen LogP contribution in [-0.2, 0) is 16.6 Å². The SMILES string of the molecule is COC(=O)C(Br)CSc1cc(C)nn1C. The van der Waals surface area contributed by atoms with Crippen molar-refractivity contribution in [3.8, 4) is 0 Å². The van der Waals surface area contributed by atoms with Crippen molar-refractivity contribution in [1.29, 1.82) is 0 Å². The van der Waals surface area contributed by atoms with E-state index in [1.165, 1.54) is 7.11 Å². The van der Waals surface area contributed by atoms with E-state index in [1.807, 2.05) is 20.0 Å². The van der Waals surface area contributed by atoms with Crippen molar-refractivity contribution in [3.63, 3.8) is 0 Å². The van der Waals surface area contributed by atoms with E-state index in [2.05, 4.69) is 25.8 Å². The van der Waals surface area contributed by atoms with E-state index in [0.29, 0.717) is 5.75 Å². The van der Waals surface area contributed by atoms with Crippen molar-refractivity contribution in [2.45, 2.75) is 16.8 Å². The quantitative estimate of drug-likeness (QED) is 0.482. The van der Waals surface area contributed by atoms with Gasteiger partial charge in [0, 0.05) is 12.8 Å². The Morgan fingerprint density at radius 3 is 2.93 bits per heavy atom. The largest absolute Gasteiger partial charge is 0.468 e. The van der Waals surface area contributed by atoms with Crippen LogP contribution < -0.4 is 0 Å². The van der Waals surface area contributed by atoms with Gasteiger partial charge in [-0.3, -0.25) is 9.48 Å². The molecular weight excluding hydrogens is 280 g/mol. The van der Waals surface area contributed by atoms with Gasteiger partial charge in [0.25, 0.3) is 0 Å². The van der Waals surface area contributed by atoms with Crippen molar-refractivity contribution < 1.29 is 9.53 Å². The summed E-state index contributed by atoms with van der Waals surface area (Å²) in [7, 11) is 3.27. The number of halogens is 1. The number of carbonyl (C=O) groups is 1. The first-order valence-corrected chi connectivity index (χ1v) is 6.30. The lowest BCUT2D eigenvalue weighted by Crippen LogP contribution is -2.18. The molecule has 1 heterocycles. The number of hydrogen-bond acceptors (Lipinski definition) is 4. The second-order valence-electron chi connectivity index (χ2n) is 3.05. The molecule has 0 N–H and O–H groups in total. The molecule has 1 atom stereocenters. The zero-order valence-electron chi connectivity index (χ0n) is 8.86. The Balaban J connectivity index is 2.50. The molecule has 0 aliphatic heterocycles. The van der Waals surface area contributed by atoms with Gasteiger partial charge < -0.3 is 4.74 Å². The number of thioether (sulfide) groups is 1. The van der Waals surface area contributed by atoms with Crippen LogP contribution in [0.4, 0.5) is 0 Å². The minimum atomic E-state index is -0.275. The van der Waals surface area contributed by atoms with Gasteiger partial charge in [-0.05, 0) is 13.0 Å². The average Bonchev–Trinajstić information content (AvgIpc) is 2.52. The lowest BCUT2D eigenvalue weighted by Gasteiger charge is -2.06. The molecule has 1 unspecified atom stereocenters. The topological polar surface area (TPSA) is 44.1 Å². The standard InChI is InChI=1S/C9H13BrN2O2S/c1-6-4-8(12(2)11-6)15-5-7(10)9(13)14-3/h4,7H,5H2,1-3H3. The molecule has 1 aromatic rings. The van der Waals surface area contributed by atoms with Gasteiger partial charge in [0.15, 0.2) is 0 Å². The number of aromatic nitrogens is 2. The normalized spacial score (nSPS) is 12.5. The van der Waals surface area contributed by atoms with E-state index in [1.54, 1.807) is 16.4 Å². The molecule has 4 nitrogen and oxygen atoms in total. The van der Waals surface area contributed by atoms with E-state index in [9.17, 15) is 4.79 Å². The van der Waals surface area contributed by atoms with Crippen molar-refractivity contribution in [3.05, 3.63) is 11.8 Å².